The topological polar surface area (TPSA) is 110 Å². The van der Waals surface area contributed by atoms with Gasteiger partial charge in [-0.15, -0.1) is 0 Å². The molecular formula is C12H14N4O3. The second-order valence-electron chi connectivity index (χ2n) is 3.80. The van der Waals surface area contributed by atoms with Gasteiger partial charge in [0.15, 0.2) is 0 Å². The van der Waals surface area contributed by atoms with Gasteiger partial charge in [-0.3, -0.25) is 10.3 Å². The minimum Gasteiger partial charge on any atom is -0.478 e. The van der Waals surface area contributed by atoms with Crippen molar-refractivity contribution in [1.82, 2.24) is 9.97 Å². The number of hydrogen-bond donors (Lipinski definition) is 3. The summed E-state index contributed by atoms with van der Waals surface area (Å²) in [6, 6.07) is 4.97. The summed E-state index contributed by atoms with van der Waals surface area (Å²) in [7, 11) is 0. The number of pyridine rings is 2. The fourth-order valence-electron chi connectivity index (χ4n) is 1.56. The predicted molar refractivity (Wildman–Crippen MR) is 70.4 cm³/mol. The minimum atomic E-state index is -1.15. The van der Waals surface area contributed by atoms with Crippen LogP contribution in [0, 0.1) is 0 Å². The van der Waals surface area contributed by atoms with Crippen LogP contribution in [-0.4, -0.2) is 34.3 Å². The van der Waals surface area contributed by atoms with Gasteiger partial charge in [0.1, 0.15) is 5.52 Å². The third kappa shape index (κ3) is 3.29. The zero-order valence-corrected chi connectivity index (χ0v) is 10.2. The summed E-state index contributed by atoms with van der Waals surface area (Å²) in [4.78, 5) is 19.1. The monoisotopic (exact) mass is 262 g/mol. The quantitative estimate of drug-likeness (QED) is 0.703. The molecule has 100 valence electrons. The Morgan fingerprint density at radius 3 is 3.00 bits per heavy atom. The first-order chi connectivity index (χ1) is 9.20. The molecule has 2 heterocycles. The van der Waals surface area contributed by atoms with E-state index in [1.807, 2.05) is 0 Å². The third-order valence-electron chi connectivity index (χ3n) is 2.40. The zero-order valence-electron chi connectivity index (χ0n) is 10.2. The molecule has 0 aliphatic rings. The van der Waals surface area contributed by atoms with Gasteiger partial charge < -0.3 is 15.6 Å². The Morgan fingerprint density at radius 2 is 2.26 bits per heavy atom. The number of carboxylic acid groups (broad SMARTS) is 1. The number of ether oxygens (including phenoxy) is 1. The number of hydrogen-bond acceptors (Lipinski definition) is 5. The van der Waals surface area contributed by atoms with Crippen LogP contribution in [0.5, 0.6) is 5.88 Å². The lowest BCUT2D eigenvalue weighted by Crippen LogP contribution is -2.09. The van der Waals surface area contributed by atoms with Gasteiger partial charge in [-0.2, -0.15) is 0 Å². The minimum absolute atomic E-state index is 0.377. The Hall–Kier alpha value is -2.41. The van der Waals surface area contributed by atoms with Gasteiger partial charge in [-0.25, -0.2) is 9.78 Å². The van der Waals surface area contributed by atoms with Crippen LogP contribution < -0.4 is 15.8 Å². The molecule has 0 unspecified atom stereocenters. The molecule has 0 saturated carbocycles. The molecule has 2 aromatic heterocycles. The fraction of sp³-hybridized carbons (Fsp3) is 0.250. The van der Waals surface area contributed by atoms with Gasteiger partial charge in [-0.1, -0.05) is 0 Å². The molecule has 0 radical (unpaired) electrons. The van der Waals surface area contributed by atoms with Crippen molar-refractivity contribution < 1.29 is 14.6 Å². The summed E-state index contributed by atoms with van der Waals surface area (Å²) >= 11 is 0. The number of aromatic nitrogens is 2. The Bertz CT molecular complexity index is 588. The van der Waals surface area contributed by atoms with Crippen LogP contribution in [0.25, 0.3) is 11.0 Å². The molecule has 0 fully saturated rings. The van der Waals surface area contributed by atoms with E-state index < -0.39 is 6.09 Å². The zero-order chi connectivity index (χ0) is 13.7. The van der Waals surface area contributed by atoms with Crippen molar-refractivity contribution in [3.63, 3.8) is 0 Å². The highest BCUT2D eigenvalue weighted by molar-refractivity contribution is 5.95. The Kier molecular flexibility index (Phi) is 4.09. The maximum atomic E-state index is 10.7. The molecule has 4 N–H and O–H groups in total. The second kappa shape index (κ2) is 5.96. The molecule has 0 spiro atoms. The lowest BCUT2D eigenvalue weighted by Gasteiger charge is -2.08. The predicted octanol–water partition coefficient (Wildman–Crippen LogP) is 1.45. The van der Waals surface area contributed by atoms with Crippen LogP contribution in [0.2, 0.25) is 0 Å². The second-order valence-corrected chi connectivity index (χ2v) is 3.80. The molecule has 1 amide bonds. The summed E-state index contributed by atoms with van der Waals surface area (Å²) in [6.07, 6.45) is 1.10. The van der Waals surface area contributed by atoms with Crippen LogP contribution >= 0.6 is 0 Å². The van der Waals surface area contributed by atoms with E-state index in [1.54, 1.807) is 18.2 Å². The van der Waals surface area contributed by atoms with Crippen LogP contribution in [0.3, 0.4) is 0 Å². The van der Waals surface area contributed by atoms with Crippen LogP contribution in [0.4, 0.5) is 10.5 Å². The van der Waals surface area contributed by atoms with Crippen molar-refractivity contribution in [1.29, 1.82) is 0 Å². The molecule has 0 aromatic carbocycles. The fourth-order valence-corrected chi connectivity index (χ4v) is 1.56. The first kappa shape index (κ1) is 13.0. The standard InChI is InChI=1S/C12H14N4O3/c13-5-1-7-19-10-3-2-8-11(16-10)9(4-6-14-8)15-12(17)18/h2-4,6H,1,5,7,13H2,(H,14,15)(H,17,18). The molecule has 0 saturated heterocycles. The summed E-state index contributed by atoms with van der Waals surface area (Å²) < 4.78 is 5.42. The normalized spacial score (nSPS) is 10.4. The van der Waals surface area contributed by atoms with E-state index in [4.69, 9.17) is 15.6 Å². The smallest absolute Gasteiger partial charge is 0.409 e. The molecule has 2 rings (SSSR count). The number of nitrogens with zero attached hydrogens (tertiary/aromatic N) is 2. The third-order valence-corrected chi connectivity index (χ3v) is 2.40. The number of anilines is 1. The van der Waals surface area contributed by atoms with Gasteiger partial charge in [0.05, 0.1) is 17.8 Å². The average molecular weight is 262 g/mol. The van der Waals surface area contributed by atoms with Gasteiger partial charge >= 0.3 is 6.09 Å². The molecule has 0 atom stereocenters. The number of nitrogens with two attached hydrogens (primary N) is 1. The van der Waals surface area contributed by atoms with E-state index in [-0.39, 0.29) is 0 Å². The highest BCUT2D eigenvalue weighted by Gasteiger charge is 2.07. The highest BCUT2D eigenvalue weighted by Crippen LogP contribution is 2.22. The van der Waals surface area contributed by atoms with Crippen molar-refractivity contribution in [2.45, 2.75) is 6.42 Å². The molecule has 2 aromatic rings. The van der Waals surface area contributed by atoms with Crippen molar-refractivity contribution in [3.05, 3.63) is 24.4 Å². The summed E-state index contributed by atoms with van der Waals surface area (Å²) in [5.41, 5.74) is 6.80. The maximum absolute atomic E-state index is 10.7. The van der Waals surface area contributed by atoms with E-state index in [1.165, 1.54) is 6.20 Å². The lowest BCUT2D eigenvalue weighted by molar-refractivity contribution is 0.210. The lowest BCUT2D eigenvalue weighted by atomic mass is 10.3. The SMILES string of the molecule is NCCCOc1ccc2nccc(NC(=O)O)c2n1. The number of nitrogens with one attached hydrogen (secondary N) is 1. The number of fused-ring (bicyclic) bond motifs is 1. The Labute approximate surface area is 109 Å². The van der Waals surface area contributed by atoms with Crippen LogP contribution in [-0.2, 0) is 0 Å². The number of amides is 1. The molecule has 7 nitrogen and oxygen atoms in total. The van der Waals surface area contributed by atoms with Crippen molar-refractivity contribution in [2.24, 2.45) is 5.73 Å². The van der Waals surface area contributed by atoms with Gasteiger partial charge in [0.25, 0.3) is 0 Å². The molecule has 0 aliphatic heterocycles. The van der Waals surface area contributed by atoms with Gasteiger partial charge in [-0.05, 0) is 25.1 Å². The molecule has 0 bridgehead atoms. The van der Waals surface area contributed by atoms with Crippen LogP contribution in [0.15, 0.2) is 24.4 Å². The Balaban J connectivity index is 2.30. The maximum Gasteiger partial charge on any atom is 0.409 e. The molecular weight excluding hydrogens is 248 g/mol. The van der Waals surface area contributed by atoms with E-state index in [0.717, 1.165) is 6.42 Å². The van der Waals surface area contributed by atoms with Gasteiger partial charge in [0, 0.05) is 12.3 Å². The van der Waals surface area contributed by atoms with Crippen molar-refractivity contribution in [3.8, 4) is 5.88 Å². The molecule has 7 heteroatoms. The average Bonchev–Trinajstić information content (AvgIpc) is 2.39. The number of carbonyl (C=O) groups is 1. The largest absolute Gasteiger partial charge is 0.478 e. The first-order valence-corrected chi connectivity index (χ1v) is 5.79. The van der Waals surface area contributed by atoms with E-state index in [9.17, 15) is 4.79 Å². The Morgan fingerprint density at radius 1 is 1.42 bits per heavy atom. The summed E-state index contributed by atoms with van der Waals surface area (Å²) in [5.74, 6) is 0.419. The van der Waals surface area contributed by atoms with E-state index in [0.29, 0.717) is 35.8 Å². The first-order valence-electron chi connectivity index (χ1n) is 5.79. The van der Waals surface area contributed by atoms with Crippen molar-refractivity contribution >= 4 is 22.8 Å². The summed E-state index contributed by atoms with van der Waals surface area (Å²) in [5, 5.41) is 11.0. The van der Waals surface area contributed by atoms with Gasteiger partial charge in [0.2, 0.25) is 5.88 Å². The van der Waals surface area contributed by atoms with Crippen molar-refractivity contribution in [2.75, 3.05) is 18.5 Å². The van der Waals surface area contributed by atoms with Crippen LogP contribution in [0.1, 0.15) is 6.42 Å². The molecule has 0 aliphatic carbocycles. The number of rotatable bonds is 5. The van der Waals surface area contributed by atoms with E-state index >= 15 is 0 Å². The highest BCUT2D eigenvalue weighted by atomic mass is 16.5. The molecule has 19 heavy (non-hydrogen) atoms. The summed E-state index contributed by atoms with van der Waals surface area (Å²) in [6.45, 7) is 1.01. The van der Waals surface area contributed by atoms with E-state index in [2.05, 4.69) is 15.3 Å².